The molecule has 12 heteroatoms. The Morgan fingerprint density at radius 3 is 2.50 bits per heavy atom. The number of rotatable bonds is 5. The van der Waals surface area contributed by atoms with Gasteiger partial charge in [-0.15, -0.1) is 8.78 Å². The molecule has 4 aromatic rings. The lowest BCUT2D eigenvalue weighted by Crippen LogP contribution is -2.39. The second kappa shape index (κ2) is 9.11. The molecular formula is C26H22ClF2N3O5S. The van der Waals surface area contributed by atoms with E-state index in [1.807, 2.05) is 36.4 Å². The summed E-state index contributed by atoms with van der Waals surface area (Å²) in [4.78, 5) is 4.74. The summed E-state index contributed by atoms with van der Waals surface area (Å²) in [6.45, 7) is 0.463. The molecule has 0 N–H and O–H groups in total. The Hall–Kier alpha value is -3.41. The molecule has 0 amide bonds. The van der Waals surface area contributed by atoms with Crippen molar-refractivity contribution >= 4 is 32.7 Å². The predicted octanol–water partition coefficient (Wildman–Crippen LogP) is 5.71. The Kier molecular flexibility index (Phi) is 5.97. The van der Waals surface area contributed by atoms with Crippen molar-refractivity contribution in [2.45, 2.75) is 30.1 Å². The molecule has 0 unspecified atom stereocenters. The Bertz CT molecular complexity index is 1650. The molecule has 1 aromatic heterocycles. The zero-order valence-electron chi connectivity index (χ0n) is 20.1. The van der Waals surface area contributed by atoms with Crippen molar-refractivity contribution in [1.82, 2.24) is 13.9 Å². The zero-order chi connectivity index (χ0) is 26.7. The first-order valence-electron chi connectivity index (χ1n) is 11.9. The van der Waals surface area contributed by atoms with Gasteiger partial charge in [-0.05, 0) is 49.2 Å². The summed E-state index contributed by atoms with van der Waals surface area (Å²) in [6, 6.07) is 16.5. The molecule has 0 saturated carbocycles. The van der Waals surface area contributed by atoms with Gasteiger partial charge < -0.3 is 18.8 Å². The fraction of sp³-hybridized carbons (Fsp3) is 0.269. The highest BCUT2D eigenvalue weighted by atomic mass is 35.5. The van der Waals surface area contributed by atoms with Crippen LogP contribution in [0.15, 0.2) is 65.6 Å². The van der Waals surface area contributed by atoms with E-state index < -0.39 is 16.3 Å². The largest absolute Gasteiger partial charge is 0.586 e. The summed E-state index contributed by atoms with van der Waals surface area (Å²) in [5, 5.41) is 0.560. The third-order valence-electron chi connectivity index (χ3n) is 6.81. The third kappa shape index (κ3) is 4.24. The Morgan fingerprint density at radius 1 is 1.03 bits per heavy atom. The minimum Gasteiger partial charge on any atom is -0.497 e. The van der Waals surface area contributed by atoms with Crippen molar-refractivity contribution in [1.29, 1.82) is 0 Å². The third-order valence-corrected chi connectivity index (χ3v) is 9.03. The number of methoxy groups -OCH3 is 1. The first kappa shape index (κ1) is 24.9. The van der Waals surface area contributed by atoms with Crippen LogP contribution in [0.4, 0.5) is 8.78 Å². The minimum absolute atomic E-state index is 0.0541. The van der Waals surface area contributed by atoms with Crippen LogP contribution in [0.3, 0.4) is 0 Å². The molecule has 0 atom stereocenters. The molecule has 2 aliphatic heterocycles. The second-order valence-corrected chi connectivity index (χ2v) is 11.4. The topological polar surface area (TPSA) is 82.9 Å². The number of benzene rings is 3. The van der Waals surface area contributed by atoms with Gasteiger partial charge in [-0.1, -0.05) is 23.7 Å². The van der Waals surface area contributed by atoms with Crippen molar-refractivity contribution in [3.8, 4) is 28.6 Å². The molecule has 0 bridgehead atoms. The van der Waals surface area contributed by atoms with Gasteiger partial charge in [0.25, 0.3) is 0 Å². The number of fused-ring (bicyclic) bond motifs is 2. The van der Waals surface area contributed by atoms with Crippen molar-refractivity contribution in [2.24, 2.45) is 0 Å². The normalized spacial score (nSPS) is 17.7. The van der Waals surface area contributed by atoms with Crippen LogP contribution in [0, 0.1) is 0 Å². The average Bonchev–Trinajstić information content (AvgIpc) is 3.43. The quantitative estimate of drug-likeness (QED) is 0.310. The van der Waals surface area contributed by atoms with Gasteiger partial charge in [0.15, 0.2) is 11.5 Å². The van der Waals surface area contributed by atoms with Gasteiger partial charge in [0.2, 0.25) is 10.0 Å². The standard InChI is InChI=1S/C26H22ClF2N3O5S/c1-35-17-6-8-22-21(14-17)30-25(19-4-2-3-5-20(19)27)32(22)16-10-12-31(13-11-16)38(33,34)18-7-9-23-24(15-18)37-26(28,29)36-23/h2-9,14-16H,10-13H2,1H3. The summed E-state index contributed by atoms with van der Waals surface area (Å²) in [6.07, 6.45) is -2.80. The van der Waals surface area contributed by atoms with E-state index in [1.165, 1.54) is 16.4 Å². The first-order chi connectivity index (χ1) is 18.2. The number of imidazole rings is 1. The molecule has 3 heterocycles. The molecule has 0 radical (unpaired) electrons. The Balaban J connectivity index is 1.30. The van der Waals surface area contributed by atoms with E-state index in [1.54, 1.807) is 13.2 Å². The van der Waals surface area contributed by atoms with Crippen LogP contribution in [0.25, 0.3) is 22.4 Å². The summed E-state index contributed by atoms with van der Waals surface area (Å²) >= 11 is 6.53. The maximum atomic E-state index is 13.4. The number of ether oxygens (including phenoxy) is 3. The molecule has 3 aromatic carbocycles. The fourth-order valence-corrected chi connectivity index (χ4v) is 6.69. The highest BCUT2D eigenvalue weighted by molar-refractivity contribution is 7.89. The molecular weight excluding hydrogens is 540 g/mol. The van der Waals surface area contributed by atoms with Crippen molar-refractivity contribution in [2.75, 3.05) is 20.2 Å². The van der Waals surface area contributed by atoms with Crippen LogP contribution in [-0.4, -0.2) is 48.8 Å². The highest BCUT2D eigenvalue weighted by Gasteiger charge is 2.44. The summed E-state index contributed by atoms with van der Waals surface area (Å²) in [7, 11) is -2.35. The van der Waals surface area contributed by atoms with Gasteiger partial charge in [0.05, 0.1) is 28.1 Å². The van der Waals surface area contributed by atoms with Crippen LogP contribution >= 0.6 is 11.6 Å². The fourth-order valence-electron chi connectivity index (χ4n) is 4.99. The molecule has 1 saturated heterocycles. The highest BCUT2D eigenvalue weighted by Crippen LogP contribution is 2.43. The lowest BCUT2D eigenvalue weighted by Gasteiger charge is -2.33. The predicted molar refractivity (Wildman–Crippen MR) is 136 cm³/mol. The van der Waals surface area contributed by atoms with Gasteiger partial charge in [0.1, 0.15) is 11.6 Å². The van der Waals surface area contributed by atoms with E-state index in [9.17, 15) is 17.2 Å². The summed E-state index contributed by atoms with van der Waals surface area (Å²) in [5.74, 6) is 0.853. The van der Waals surface area contributed by atoms with Crippen LogP contribution in [-0.2, 0) is 10.0 Å². The monoisotopic (exact) mass is 561 g/mol. The smallest absolute Gasteiger partial charge is 0.497 e. The van der Waals surface area contributed by atoms with Gasteiger partial charge in [-0.3, -0.25) is 0 Å². The maximum absolute atomic E-state index is 13.4. The first-order valence-corrected chi connectivity index (χ1v) is 13.7. The molecule has 8 nitrogen and oxygen atoms in total. The molecule has 198 valence electrons. The number of halogens is 3. The number of nitrogens with zero attached hydrogens (tertiary/aromatic N) is 3. The number of alkyl halides is 2. The van der Waals surface area contributed by atoms with Crippen LogP contribution in [0.5, 0.6) is 17.2 Å². The van der Waals surface area contributed by atoms with Crippen LogP contribution in [0.1, 0.15) is 18.9 Å². The molecule has 0 spiro atoms. The van der Waals surface area contributed by atoms with E-state index in [0.29, 0.717) is 29.4 Å². The van der Waals surface area contributed by atoms with Crippen molar-refractivity contribution in [3.63, 3.8) is 0 Å². The number of aromatic nitrogens is 2. The van der Waals surface area contributed by atoms with Crippen molar-refractivity contribution < 1.29 is 31.4 Å². The lowest BCUT2D eigenvalue weighted by molar-refractivity contribution is -0.286. The van der Waals surface area contributed by atoms with Crippen molar-refractivity contribution in [3.05, 3.63) is 65.7 Å². The van der Waals surface area contributed by atoms with Gasteiger partial charge in [-0.2, -0.15) is 4.31 Å². The van der Waals surface area contributed by atoms with E-state index in [-0.39, 0.29) is 35.5 Å². The number of hydrogen-bond donors (Lipinski definition) is 0. The maximum Gasteiger partial charge on any atom is 0.586 e. The zero-order valence-corrected chi connectivity index (χ0v) is 21.7. The molecule has 38 heavy (non-hydrogen) atoms. The molecule has 6 rings (SSSR count). The Labute approximate surface area is 222 Å². The number of piperidine rings is 1. The van der Waals surface area contributed by atoms with E-state index in [4.69, 9.17) is 21.3 Å². The number of sulfonamides is 1. The summed E-state index contributed by atoms with van der Waals surface area (Å²) in [5.41, 5.74) is 2.40. The number of hydrogen-bond acceptors (Lipinski definition) is 6. The molecule has 1 fully saturated rings. The SMILES string of the molecule is COc1ccc2c(c1)nc(-c1ccccc1Cl)n2C1CCN(S(=O)(=O)c2ccc3c(c2)OC(F)(F)O3)CC1. The van der Waals surface area contributed by atoms with Crippen LogP contribution < -0.4 is 14.2 Å². The average molecular weight is 562 g/mol. The van der Waals surface area contributed by atoms with E-state index in [2.05, 4.69) is 14.0 Å². The van der Waals surface area contributed by atoms with Gasteiger partial charge >= 0.3 is 6.29 Å². The van der Waals surface area contributed by atoms with Gasteiger partial charge in [0, 0.05) is 36.8 Å². The minimum atomic E-state index is -3.94. The van der Waals surface area contributed by atoms with Crippen LogP contribution in [0.2, 0.25) is 5.02 Å². The second-order valence-electron chi connectivity index (χ2n) is 9.05. The van der Waals surface area contributed by atoms with Gasteiger partial charge in [-0.25, -0.2) is 13.4 Å². The Morgan fingerprint density at radius 2 is 1.76 bits per heavy atom. The lowest BCUT2D eigenvalue weighted by atomic mass is 10.1. The molecule has 0 aliphatic carbocycles. The van der Waals surface area contributed by atoms with E-state index >= 15 is 0 Å². The summed E-state index contributed by atoms with van der Waals surface area (Å²) < 4.78 is 71.2. The van der Waals surface area contributed by atoms with E-state index in [0.717, 1.165) is 22.7 Å². The molecule has 2 aliphatic rings.